The largest absolute Gasteiger partial charge is 0.331 e. The highest BCUT2D eigenvalue weighted by molar-refractivity contribution is 5.02. The summed E-state index contributed by atoms with van der Waals surface area (Å²) in [5.41, 5.74) is 10.7. The van der Waals surface area contributed by atoms with Crippen molar-refractivity contribution in [2.75, 3.05) is 13.1 Å². The van der Waals surface area contributed by atoms with E-state index in [9.17, 15) is 0 Å². The Bertz CT molecular complexity index is 203. The Balaban J connectivity index is 0.000000258. The van der Waals surface area contributed by atoms with Crippen LogP contribution in [-0.4, -0.2) is 13.1 Å². The zero-order valence-corrected chi connectivity index (χ0v) is 9.99. The number of nitrogens with two attached hydrogens (primary N) is 2. The second-order valence-corrected chi connectivity index (χ2v) is 5.56. The predicted octanol–water partition coefficient (Wildman–Crippen LogP) is 1.98. The smallest absolute Gasteiger partial charge is 0.00460 e. The number of hydrogen-bond donors (Lipinski definition) is 2. The normalized spacial score (nSPS) is 46.2. The summed E-state index contributed by atoms with van der Waals surface area (Å²) in [5.74, 6) is 5.30. The Hall–Kier alpha value is -0.0800. The molecule has 5 atom stereocenters. The Kier molecular flexibility index (Phi) is 3.68. The van der Waals surface area contributed by atoms with Crippen molar-refractivity contribution in [1.82, 2.24) is 0 Å². The van der Waals surface area contributed by atoms with Gasteiger partial charge in [0.05, 0.1) is 0 Å². The Morgan fingerprint density at radius 1 is 1.00 bits per heavy atom. The van der Waals surface area contributed by atoms with E-state index in [-0.39, 0.29) is 0 Å². The zero-order chi connectivity index (χ0) is 10.8. The van der Waals surface area contributed by atoms with Crippen molar-refractivity contribution in [2.45, 2.75) is 39.0 Å². The molecule has 15 heavy (non-hydrogen) atoms. The molecular weight excluding hydrogens is 184 g/mol. The van der Waals surface area contributed by atoms with Gasteiger partial charge in [0.25, 0.3) is 0 Å². The molecule has 2 heteroatoms. The van der Waals surface area contributed by atoms with Gasteiger partial charge < -0.3 is 11.5 Å². The summed E-state index contributed by atoms with van der Waals surface area (Å²) in [5, 5.41) is 0. The van der Waals surface area contributed by atoms with Crippen molar-refractivity contribution < 1.29 is 0 Å². The van der Waals surface area contributed by atoms with E-state index < -0.39 is 0 Å². The third-order valence-corrected chi connectivity index (χ3v) is 4.87. The molecule has 0 heterocycles. The molecule has 3 aliphatic rings. The molecule has 3 rings (SSSR count). The number of fused-ring (bicyclic) bond motifs is 5. The van der Waals surface area contributed by atoms with Crippen molar-refractivity contribution >= 4 is 0 Å². The fourth-order valence-electron chi connectivity index (χ4n) is 4.48. The highest BCUT2D eigenvalue weighted by Gasteiger charge is 2.52. The van der Waals surface area contributed by atoms with E-state index in [0.717, 1.165) is 42.7 Å². The topological polar surface area (TPSA) is 52.0 Å². The molecule has 0 spiro atoms. The van der Waals surface area contributed by atoms with E-state index in [1.54, 1.807) is 6.42 Å². The van der Waals surface area contributed by atoms with Crippen LogP contribution in [0.25, 0.3) is 0 Å². The van der Waals surface area contributed by atoms with Crippen molar-refractivity contribution in [1.29, 1.82) is 0 Å². The van der Waals surface area contributed by atoms with E-state index in [0.29, 0.717) is 0 Å². The van der Waals surface area contributed by atoms with Crippen LogP contribution in [-0.2, 0) is 0 Å². The average Bonchev–Trinajstić information content (AvgIpc) is 2.90. The van der Waals surface area contributed by atoms with Gasteiger partial charge in [0.15, 0.2) is 0 Å². The second kappa shape index (κ2) is 4.84. The molecule has 3 aliphatic carbocycles. The molecule has 0 aliphatic heterocycles. The minimum absolute atomic E-state index is 0.750. The maximum absolute atomic E-state index is 5.80. The molecule has 0 amide bonds. The predicted molar refractivity (Wildman–Crippen MR) is 64.3 cm³/mol. The van der Waals surface area contributed by atoms with Gasteiger partial charge in [-0.25, -0.2) is 0 Å². The summed E-state index contributed by atoms with van der Waals surface area (Å²) in [7, 11) is 0. The molecule has 88 valence electrons. The van der Waals surface area contributed by atoms with Gasteiger partial charge in [0, 0.05) is 0 Å². The molecule has 0 unspecified atom stereocenters. The van der Waals surface area contributed by atoms with Gasteiger partial charge in [-0.1, -0.05) is 13.3 Å². The molecule has 0 aromatic heterocycles. The molecule has 2 bridgehead atoms. The van der Waals surface area contributed by atoms with Crippen LogP contribution >= 0.6 is 0 Å². The summed E-state index contributed by atoms with van der Waals surface area (Å²) < 4.78 is 0. The van der Waals surface area contributed by atoms with Gasteiger partial charge in [-0.05, 0) is 68.4 Å². The van der Waals surface area contributed by atoms with Crippen LogP contribution in [0.4, 0.5) is 0 Å². The first-order valence-corrected chi connectivity index (χ1v) is 6.71. The van der Waals surface area contributed by atoms with Gasteiger partial charge in [0.2, 0.25) is 0 Å². The molecule has 3 saturated carbocycles. The van der Waals surface area contributed by atoms with Gasteiger partial charge in [-0.2, -0.15) is 0 Å². The highest BCUT2D eigenvalue weighted by atomic mass is 14.6. The van der Waals surface area contributed by atoms with Gasteiger partial charge in [-0.15, -0.1) is 0 Å². The lowest BCUT2D eigenvalue weighted by Gasteiger charge is -2.30. The van der Waals surface area contributed by atoms with E-state index in [1.807, 2.05) is 6.92 Å². The van der Waals surface area contributed by atoms with Crippen LogP contribution in [0, 0.1) is 29.6 Å². The molecular formula is C13H26N2. The van der Waals surface area contributed by atoms with E-state index >= 15 is 0 Å². The van der Waals surface area contributed by atoms with Crippen molar-refractivity contribution in [3.63, 3.8) is 0 Å². The summed E-state index contributed by atoms with van der Waals surface area (Å²) >= 11 is 0. The minimum atomic E-state index is 0.750. The number of rotatable bonds is 1. The molecule has 3 fully saturated rings. The Morgan fingerprint density at radius 2 is 1.67 bits per heavy atom. The van der Waals surface area contributed by atoms with Crippen molar-refractivity contribution in [3.8, 4) is 0 Å². The first-order chi connectivity index (χ1) is 7.31. The Morgan fingerprint density at radius 3 is 2.33 bits per heavy atom. The summed E-state index contributed by atoms with van der Waals surface area (Å²) in [6.45, 7) is 3.62. The minimum Gasteiger partial charge on any atom is -0.331 e. The molecule has 0 aromatic carbocycles. The summed E-state index contributed by atoms with van der Waals surface area (Å²) in [4.78, 5) is 0. The summed E-state index contributed by atoms with van der Waals surface area (Å²) in [6, 6.07) is 0. The molecule has 2 nitrogen and oxygen atoms in total. The maximum Gasteiger partial charge on any atom is -0.00460 e. The highest BCUT2D eigenvalue weighted by Crippen LogP contribution is 2.60. The van der Waals surface area contributed by atoms with Crippen LogP contribution in [0.2, 0.25) is 0 Å². The van der Waals surface area contributed by atoms with Crippen molar-refractivity contribution in [3.05, 3.63) is 0 Å². The first-order valence-electron chi connectivity index (χ1n) is 6.71. The molecule has 0 saturated heterocycles. The Labute approximate surface area is 93.8 Å². The van der Waals surface area contributed by atoms with Gasteiger partial charge in [-0.3, -0.25) is 0 Å². The maximum atomic E-state index is 5.80. The lowest BCUT2D eigenvalue weighted by Crippen LogP contribution is -2.29. The van der Waals surface area contributed by atoms with Crippen LogP contribution < -0.4 is 11.5 Å². The van der Waals surface area contributed by atoms with Crippen molar-refractivity contribution in [2.24, 2.45) is 41.1 Å². The molecule has 4 N–H and O–H groups in total. The lowest BCUT2D eigenvalue weighted by atomic mass is 9.76. The van der Waals surface area contributed by atoms with Crippen LogP contribution in [0.3, 0.4) is 0 Å². The second-order valence-electron chi connectivity index (χ2n) is 5.56. The summed E-state index contributed by atoms with van der Waals surface area (Å²) in [6.07, 6.45) is 7.60. The first kappa shape index (κ1) is 11.4. The third-order valence-electron chi connectivity index (χ3n) is 4.87. The standard InChI is InChI=1S/C11H19N.C2H7N/c12-6-8-4-7-5-11(8)10-3-1-2-9(7)10;1-2-3/h7-11H,1-6,12H2;2-3H2,1H3/t7-,8+,9-,10-,11-;/m1./s1. The fraction of sp³-hybridized carbons (Fsp3) is 1.00. The molecule has 0 aromatic rings. The van der Waals surface area contributed by atoms with Crippen LogP contribution in [0.15, 0.2) is 0 Å². The van der Waals surface area contributed by atoms with E-state index in [4.69, 9.17) is 11.5 Å². The number of hydrogen-bond acceptors (Lipinski definition) is 2. The average molecular weight is 210 g/mol. The quantitative estimate of drug-likeness (QED) is 0.695. The lowest BCUT2D eigenvalue weighted by molar-refractivity contribution is 0.194. The monoisotopic (exact) mass is 210 g/mol. The SMILES string of the molecule is CCN.NC[C@@H]1C[C@@H]2C[C@H]1[C@@H]1CCC[C@H]21. The van der Waals surface area contributed by atoms with Crippen LogP contribution in [0.1, 0.15) is 39.0 Å². The van der Waals surface area contributed by atoms with Gasteiger partial charge in [0.1, 0.15) is 0 Å². The van der Waals surface area contributed by atoms with E-state index in [1.165, 1.54) is 25.7 Å². The zero-order valence-electron chi connectivity index (χ0n) is 9.99. The molecule has 0 radical (unpaired) electrons. The van der Waals surface area contributed by atoms with Crippen LogP contribution in [0.5, 0.6) is 0 Å². The van der Waals surface area contributed by atoms with E-state index in [2.05, 4.69) is 0 Å². The third kappa shape index (κ3) is 1.94. The fourth-order valence-corrected chi connectivity index (χ4v) is 4.48. The van der Waals surface area contributed by atoms with Gasteiger partial charge >= 0.3 is 0 Å².